The average Bonchev–Trinajstić information content (AvgIpc) is 2.38. The summed E-state index contributed by atoms with van der Waals surface area (Å²) in [4.78, 5) is 0. The summed E-state index contributed by atoms with van der Waals surface area (Å²) in [6.07, 6.45) is 0. The molecule has 0 aliphatic rings. The van der Waals surface area contributed by atoms with Crippen LogP contribution in [0.3, 0.4) is 0 Å². The predicted molar refractivity (Wildman–Crippen MR) is 101 cm³/mol. The fraction of sp³-hybridized carbons (Fsp3) is 0.143. The Bertz CT molecular complexity index is 589. The SMILES string of the molecule is Fc1cc(Br)c(NCCNc2c(Br)cc(F)cc2Br)c(Br)c1. The fourth-order valence-electron chi connectivity index (χ4n) is 1.80. The van der Waals surface area contributed by atoms with E-state index in [-0.39, 0.29) is 11.6 Å². The van der Waals surface area contributed by atoms with Gasteiger partial charge in [0.05, 0.1) is 11.4 Å². The van der Waals surface area contributed by atoms with Crippen LogP contribution in [0, 0.1) is 11.6 Å². The van der Waals surface area contributed by atoms with Crippen LogP contribution in [0.25, 0.3) is 0 Å². The molecule has 22 heavy (non-hydrogen) atoms. The number of nitrogens with one attached hydrogen (secondary N) is 2. The second-order valence-corrected chi connectivity index (χ2v) is 7.76. The maximum absolute atomic E-state index is 13.2. The molecular formula is C14H10Br4F2N2. The topological polar surface area (TPSA) is 24.1 Å². The molecule has 0 amide bonds. The number of halogens is 6. The molecule has 0 fully saturated rings. The molecule has 118 valence electrons. The first kappa shape index (κ1) is 18.2. The first-order valence-electron chi connectivity index (χ1n) is 6.15. The fourth-order valence-corrected chi connectivity index (χ4v) is 4.62. The summed E-state index contributed by atoms with van der Waals surface area (Å²) in [6, 6.07) is 5.59. The zero-order valence-electron chi connectivity index (χ0n) is 11.0. The third-order valence-corrected chi connectivity index (χ3v) is 5.24. The number of hydrogen-bond acceptors (Lipinski definition) is 2. The van der Waals surface area contributed by atoms with Gasteiger partial charge in [0.2, 0.25) is 0 Å². The van der Waals surface area contributed by atoms with Crippen LogP contribution in [-0.2, 0) is 0 Å². The highest BCUT2D eigenvalue weighted by Gasteiger charge is 2.09. The van der Waals surface area contributed by atoms with E-state index >= 15 is 0 Å². The molecule has 0 radical (unpaired) electrons. The van der Waals surface area contributed by atoms with Gasteiger partial charge in [-0.05, 0) is 88.0 Å². The number of anilines is 2. The van der Waals surface area contributed by atoms with Gasteiger partial charge in [0, 0.05) is 31.0 Å². The summed E-state index contributed by atoms with van der Waals surface area (Å²) in [7, 11) is 0. The summed E-state index contributed by atoms with van der Waals surface area (Å²) in [6.45, 7) is 1.19. The third kappa shape index (κ3) is 4.66. The smallest absolute Gasteiger partial charge is 0.125 e. The summed E-state index contributed by atoms with van der Waals surface area (Å²) < 4.78 is 29.0. The maximum atomic E-state index is 13.2. The summed E-state index contributed by atoms with van der Waals surface area (Å²) in [5, 5.41) is 6.40. The molecule has 0 saturated carbocycles. The zero-order valence-corrected chi connectivity index (χ0v) is 17.3. The van der Waals surface area contributed by atoms with Crippen LogP contribution in [0.1, 0.15) is 0 Å². The maximum Gasteiger partial charge on any atom is 0.125 e. The van der Waals surface area contributed by atoms with E-state index < -0.39 is 0 Å². The molecule has 2 nitrogen and oxygen atoms in total. The van der Waals surface area contributed by atoms with E-state index in [0.29, 0.717) is 31.0 Å². The lowest BCUT2D eigenvalue weighted by Crippen LogP contribution is -2.15. The van der Waals surface area contributed by atoms with Gasteiger partial charge >= 0.3 is 0 Å². The predicted octanol–water partition coefficient (Wildman–Crippen LogP) is 6.54. The highest BCUT2D eigenvalue weighted by Crippen LogP contribution is 2.33. The molecule has 0 unspecified atom stereocenters. The van der Waals surface area contributed by atoms with Crippen molar-refractivity contribution in [3.8, 4) is 0 Å². The summed E-state index contributed by atoms with van der Waals surface area (Å²) in [5.41, 5.74) is 1.56. The van der Waals surface area contributed by atoms with Gasteiger partial charge in [-0.25, -0.2) is 8.78 Å². The molecule has 0 saturated heterocycles. The van der Waals surface area contributed by atoms with Crippen molar-refractivity contribution < 1.29 is 8.78 Å². The molecule has 2 rings (SSSR count). The minimum absolute atomic E-state index is 0.318. The molecular weight excluding hydrogens is 554 g/mol. The quantitative estimate of drug-likeness (QED) is 0.404. The van der Waals surface area contributed by atoms with Crippen molar-refractivity contribution in [1.29, 1.82) is 0 Å². The van der Waals surface area contributed by atoms with Crippen molar-refractivity contribution in [3.63, 3.8) is 0 Å². The lowest BCUT2D eigenvalue weighted by molar-refractivity contribution is 0.625. The summed E-state index contributed by atoms with van der Waals surface area (Å²) in [5.74, 6) is -0.636. The van der Waals surface area contributed by atoms with E-state index in [1.54, 1.807) is 0 Å². The average molecular weight is 564 g/mol. The molecule has 0 aromatic heterocycles. The van der Waals surface area contributed by atoms with Gasteiger partial charge in [0.1, 0.15) is 11.6 Å². The normalized spacial score (nSPS) is 10.6. The van der Waals surface area contributed by atoms with Crippen molar-refractivity contribution in [1.82, 2.24) is 0 Å². The molecule has 0 aliphatic carbocycles. The Kier molecular flexibility index (Phi) is 6.67. The van der Waals surface area contributed by atoms with Gasteiger partial charge in [-0.15, -0.1) is 0 Å². The van der Waals surface area contributed by atoms with Crippen molar-refractivity contribution in [3.05, 3.63) is 53.8 Å². The zero-order chi connectivity index (χ0) is 16.3. The van der Waals surface area contributed by atoms with Crippen LogP contribution >= 0.6 is 63.7 Å². The third-order valence-electron chi connectivity index (χ3n) is 2.74. The molecule has 2 aromatic rings. The van der Waals surface area contributed by atoms with Crippen LogP contribution in [0.2, 0.25) is 0 Å². The van der Waals surface area contributed by atoms with E-state index in [0.717, 1.165) is 11.4 Å². The van der Waals surface area contributed by atoms with Crippen LogP contribution in [0.5, 0.6) is 0 Å². The molecule has 0 atom stereocenters. The Morgan fingerprint density at radius 2 is 0.909 bits per heavy atom. The van der Waals surface area contributed by atoms with Crippen LogP contribution in [-0.4, -0.2) is 13.1 Å². The van der Waals surface area contributed by atoms with Crippen LogP contribution < -0.4 is 10.6 Å². The summed E-state index contributed by atoms with van der Waals surface area (Å²) >= 11 is 13.3. The Labute approximate surface area is 160 Å². The van der Waals surface area contributed by atoms with Crippen molar-refractivity contribution in [2.24, 2.45) is 0 Å². The molecule has 2 N–H and O–H groups in total. The largest absolute Gasteiger partial charge is 0.381 e. The van der Waals surface area contributed by atoms with Gasteiger partial charge < -0.3 is 10.6 Å². The van der Waals surface area contributed by atoms with Gasteiger partial charge in [-0.3, -0.25) is 0 Å². The van der Waals surface area contributed by atoms with E-state index in [2.05, 4.69) is 74.4 Å². The number of rotatable bonds is 5. The number of benzene rings is 2. The highest BCUT2D eigenvalue weighted by molar-refractivity contribution is 9.11. The lowest BCUT2D eigenvalue weighted by atomic mass is 10.3. The van der Waals surface area contributed by atoms with Gasteiger partial charge in [-0.1, -0.05) is 0 Å². The Hall–Kier alpha value is -0.180. The van der Waals surface area contributed by atoms with Crippen molar-refractivity contribution in [2.45, 2.75) is 0 Å². The minimum atomic E-state index is -0.318. The van der Waals surface area contributed by atoms with E-state index in [9.17, 15) is 8.78 Å². The molecule has 0 bridgehead atoms. The Balaban J connectivity index is 1.96. The standard InChI is InChI=1S/C14H10Br4F2N2/c15-9-3-7(19)4-10(16)13(9)21-1-2-22-14-11(17)5-8(20)6-12(14)18/h3-6,21-22H,1-2H2. The van der Waals surface area contributed by atoms with Gasteiger partial charge in [-0.2, -0.15) is 0 Å². The van der Waals surface area contributed by atoms with E-state index in [4.69, 9.17) is 0 Å². The Morgan fingerprint density at radius 3 is 1.18 bits per heavy atom. The number of hydrogen-bond donors (Lipinski definition) is 2. The lowest BCUT2D eigenvalue weighted by Gasteiger charge is -2.14. The van der Waals surface area contributed by atoms with Gasteiger partial charge in [0.25, 0.3) is 0 Å². The molecule has 0 heterocycles. The second-order valence-electron chi connectivity index (χ2n) is 4.34. The van der Waals surface area contributed by atoms with Gasteiger partial charge in [0.15, 0.2) is 0 Å². The highest BCUT2D eigenvalue weighted by atomic mass is 79.9. The van der Waals surface area contributed by atoms with E-state index in [1.165, 1.54) is 24.3 Å². The molecule has 2 aromatic carbocycles. The van der Waals surface area contributed by atoms with Crippen LogP contribution in [0.4, 0.5) is 20.2 Å². The first-order chi connectivity index (χ1) is 10.4. The van der Waals surface area contributed by atoms with Crippen LogP contribution in [0.15, 0.2) is 42.2 Å². The second kappa shape index (κ2) is 8.08. The molecule has 0 aliphatic heterocycles. The minimum Gasteiger partial charge on any atom is -0.381 e. The molecule has 8 heteroatoms. The van der Waals surface area contributed by atoms with Crippen molar-refractivity contribution in [2.75, 3.05) is 23.7 Å². The first-order valence-corrected chi connectivity index (χ1v) is 9.32. The van der Waals surface area contributed by atoms with Crippen molar-refractivity contribution >= 4 is 75.1 Å². The molecule has 0 spiro atoms. The Morgan fingerprint density at radius 1 is 0.636 bits per heavy atom. The monoisotopic (exact) mass is 560 g/mol. The van der Waals surface area contributed by atoms with E-state index in [1.807, 2.05) is 0 Å².